The predicted octanol–water partition coefficient (Wildman–Crippen LogP) is 3.05. The van der Waals surface area contributed by atoms with Gasteiger partial charge in [-0.2, -0.15) is 0 Å². The molecular weight excluding hydrogens is 316 g/mol. The van der Waals surface area contributed by atoms with Crippen LogP contribution in [-0.2, 0) is 0 Å². The standard InChI is InChI=1S/C16H21BrN2O/c17-15-6-2-1-5-14(15)16(20)19(13-7-8-13)11-12-4-3-9-18-10-12/h1-2,5-6,12-13,18H,3-4,7-11H2. The number of benzene rings is 1. The number of hydrogen-bond donors (Lipinski definition) is 1. The van der Waals surface area contributed by atoms with Crippen molar-refractivity contribution < 1.29 is 4.79 Å². The molecule has 1 aromatic carbocycles. The quantitative estimate of drug-likeness (QED) is 0.916. The number of piperidine rings is 1. The molecule has 2 aliphatic rings. The van der Waals surface area contributed by atoms with Crippen LogP contribution in [-0.4, -0.2) is 36.5 Å². The van der Waals surface area contributed by atoms with Crippen LogP contribution in [0.5, 0.6) is 0 Å². The van der Waals surface area contributed by atoms with Crippen molar-refractivity contribution in [3.05, 3.63) is 34.3 Å². The Bertz CT molecular complexity index is 481. The molecule has 1 saturated carbocycles. The third-order valence-electron chi connectivity index (χ3n) is 4.21. The van der Waals surface area contributed by atoms with Gasteiger partial charge in [-0.05, 0) is 72.8 Å². The van der Waals surface area contributed by atoms with Gasteiger partial charge in [0, 0.05) is 17.1 Å². The van der Waals surface area contributed by atoms with E-state index in [9.17, 15) is 4.79 Å². The molecule has 1 saturated heterocycles. The van der Waals surface area contributed by atoms with E-state index in [-0.39, 0.29) is 5.91 Å². The maximum absolute atomic E-state index is 12.8. The minimum Gasteiger partial charge on any atom is -0.335 e. The third kappa shape index (κ3) is 3.23. The molecular formula is C16H21BrN2O. The fourth-order valence-electron chi connectivity index (χ4n) is 2.93. The van der Waals surface area contributed by atoms with Crippen LogP contribution in [0.3, 0.4) is 0 Å². The molecule has 2 fully saturated rings. The van der Waals surface area contributed by atoms with Gasteiger partial charge in [0.1, 0.15) is 0 Å². The van der Waals surface area contributed by atoms with Gasteiger partial charge in [-0.3, -0.25) is 4.79 Å². The molecule has 0 spiro atoms. The first-order chi connectivity index (χ1) is 9.75. The lowest BCUT2D eigenvalue weighted by Crippen LogP contribution is -2.42. The SMILES string of the molecule is O=C(c1ccccc1Br)N(CC1CCCNC1)C1CC1. The lowest BCUT2D eigenvalue weighted by Gasteiger charge is -2.30. The fraction of sp³-hybridized carbons (Fsp3) is 0.562. The van der Waals surface area contributed by atoms with Crippen molar-refractivity contribution in [2.45, 2.75) is 31.7 Å². The number of carbonyl (C=O) groups is 1. The number of carbonyl (C=O) groups excluding carboxylic acids is 1. The van der Waals surface area contributed by atoms with Crippen molar-refractivity contribution in [2.24, 2.45) is 5.92 Å². The Morgan fingerprint density at radius 1 is 1.30 bits per heavy atom. The van der Waals surface area contributed by atoms with Crippen LogP contribution in [0, 0.1) is 5.92 Å². The summed E-state index contributed by atoms with van der Waals surface area (Å²) in [7, 11) is 0. The Balaban J connectivity index is 1.73. The minimum absolute atomic E-state index is 0.186. The maximum atomic E-state index is 12.8. The van der Waals surface area contributed by atoms with Crippen LogP contribution in [0.15, 0.2) is 28.7 Å². The molecule has 1 amide bonds. The summed E-state index contributed by atoms with van der Waals surface area (Å²) in [6.07, 6.45) is 4.79. The van der Waals surface area contributed by atoms with E-state index in [1.54, 1.807) is 0 Å². The number of nitrogens with one attached hydrogen (secondary N) is 1. The van der Waals surface area contributed by atoms with Crippen molar-refractivity contribution in [1.29, 1.82) is 0 Å². The Morgan fingerprint density at radius 2 is 2.10 bits per heavy atom. The van der Waals surface area contributed by atoms with Gasteiger partial charge < -0.3 is 10.2 Å². The molecule has 0 radical (unpaired) electrons. The average Bonchev–Trinajstić information content (AvgIpc) is 3.30. The molecule has 3 rings (SSSR count). The molecule has 0 bridgehead atoms. The van der Waals surface area contributed by atoms with Gasteiger partial charge >= 0.3 is 0 Å². The summed E-state index contributed by atoms with van der Waals surface area (Å²) >= 11 is 3.50. The van der Waals surface area contributed by atoms with Crippen LogP contribution < -0.4 is 5.32 Å². The number of rotatable bonds is 4. The Hall–Kier alpha value is -0.870. The zero-order valence-electron chi connectivity index (χ0n) is 11.6. The molecule has 1 aliphatic carbocycles. The van der Waals surface area contributed by atoms with Crippen molar-refractivity contribution in [3.8, 4) is 0 Å². The van der Waals surface area contributed by atoms with Crippen LogP contribution >= 0.6 is 15.9 Å². The average molecular weight is 337 g/mol. The smallest absolute Gasteiger partial charge is 0.255 e. The van der Waals surface area contributed by atoms with E-state index in [0.717, 1.165) is 42.5 Å². The van der Waals surface area contributed by atoms with E-state index in [1.807, 2.05) is 24.3 Å². The minimum atomic E-state index is 0.186. The highest BCUT2D eigenvalue weighted by Gasteiger charge is 2.35. The summed E-state index contributed by atoms with van der Waals surface area (Å²) in [4.78, 5) is 14.9. The summed E-state index contributed by atoms with van der Waals surface area (Å²) in [5.74, 6) is 0.793. The number of hydrogen-bond acceptors (Lipinski definition) is 2. The first-order valence-corrected chi connectivity index (χ1v) is 8.31. The van der Waals surface area contributed by atoms with Crippen LogP contribution in [0.2, 0.25) is 0 Å². The van der Waals surface area contributed by atoms with Gasteiger partial charge in [0.05, 0.1) is 5.56 Å². The molecule has 1 aliphatic heterocycles. The molecule has 1 heterocycles. The monoisotopic (exact) mass is 336 g/mol. The zero-order chi connectivity index (χ0) is 13.9. The first kappa shape index (κ1) is 14.1. The number of amides is 1. The molecule has 1 N–H and O–H groups in total. The number of nitrogens with zero attached hydrogens (tertiary/aromatic N) is 1. The van der Waals surface area contributed by atoms with Crippen molar-refractivity contribution in [3.63, 3.8) is 0 Å². The van der Waals surface area contributed by atoms with E-state index < -0.39 is 0 Å². The van der Waals surface area contributed by atoms with Gasteiger partial charge in [0.2, 0.25) is 0 Å². The van der Waals surface area contributed by atoms with Crippen molar-refractivity contribution in [1.82, 2.24) is 10.2 Å². The largest absolute Gasteiger partial charge is 0.335 e. The molecule has 1 unspecified atom stereocenters. The van der Waals surface area contributed by atoms with Crippen molar-refractivity contribution in [2.75, 3.05) is 19.6 Å². The topological polar surface area (TPSA) is 32.3 Å². The Morgan fingerprint density at radius 3 is 2.75 bits per heavy atom. The van der Waals surface area contributed by atoms with Gasteiger partial charge in [-0.15, -0.1) is 0 Å². The second-order valence-electron chi connectivity index (χ2n) is 5.88. The lowest BCUT2D eigenvalue weighted by molar-refractivity contribution is 0.0703. The van der Waals surface area contributed by atoms with Gasteiger partial charge in [-0.1, -0.05) is 12.1 Å². The first-order valence-electron chi connectivity index (χ1n) is 7.52. The maximum Gasteiger partial charge on any atom is 0.255 e. The van der Waals surface area contributed by atoms with E-state index in [1.165, 1.54) is 12.8 Å². The fourth-order valence-corrected chi connectivity index (χ4v) is 3.39. The summed E-state index contributed by atoms with van der Waals surface area (Å²) in [5.41, 5.74) is 0.795. The van der Waals surface area contributed by atoms with E-state index in [2.05, 4.69) is 26.1 Å². The zero-order valence-corrected chi connectivity index (χ0v) is 13.2. The van der Waals surface area contributed by atoms with Crippen LogP contribution in [0.1, 0.15) is 36.0 Å². The van der Waals surface area contributed by atoms with Crippen molar-refractivity contribution >= 4 is 21.8 Å². The van der Waals surface area contributed by atoms with E-state index in [0.29, 0.717) is 12.0 Å². The second kappa shape index (κ2) is 6.27. The Kier molecular flexibility index (Phi) is 4.41. The molecule has 0 aromatic heterocycles. The summed E-state index contributed by atoms with van der Waals surface area (Å²) in [5, 5.41) is 3.44. The summed E-state index contributed by atoms with van der Waals surface area (Å²) in [6.45, 7) is 3.07. The van der Waals surface area contributed by atoms with Gasteiger partial charge in [-0.25, -0.2) is 0 Å². The normalized spacial score (nSPS) is 22.6. The molecule has 108 valence electrons. The lowest BCUT2D eigenvalue weighted by atomic mass is 9.98. The summed E-state index contributed by atoms with van der Waals surface area (Å²) < 4.78 is 0.900. The predicted molar refractivity (Wildman–Crippen MR) is 83.8 cm³/mol. The van der Waals surface area contributed by atoms with Crippen LogP contribution in [0.25, 0.3) is 0 Å². The van der Waals surface area contributed by atoms with Gasteiger partial charge in [0.25, 0.3) is 5.91 Å². The summed E-state index contributed by atoms with van der Waals surface area (Å²) in [6, 6.07) is 8.22. The second-order valence-corrected chi connectivity index (χ2v) is 6.74. The van der Waals surface area contributed by atoms with E-state index in [4.69, 9.17) is 0 Å². The molecule has 20 heavy (non-hydrogen) atoms. The van der Waals surface area contributed by atoms with E-state index >= 15 is 0 Å². The third-order valence-corrected chi connectivity index (χ3v) is 4.90. The highest BCUT2D eigenvalue weighted by Crippen LogP contribution is 2.31. The van der Waals surface area contributed by atoms with Crippen LogP contribution in [0.4, 0.5) is 0 Å². The molecule has 4 heteroatoms. The molecule has 1 atom stereocenters. The highest BCUT2D eigenvalue weighted by molar-refractivity contribution is 9.10. The molecule has 3 nitrogen and oxygen atoms in total. The van der Waals surface area contributed by atoms with Gasteiger partial charge in [0.15, 0.2) is 0 Å². The highest BCUT2D eigenvalue weighted by atomic mass is 79.9. The Labute approximate surface area is 128 Å². The number of halogens is 1. The molecule has 1 aromatic rings.